The van der Waals surface area contributed by atoms with Gasteiger partial charge in [-0.1, -0.05) is 20.8 Å². The SMILES string of the molecule is C[C@@H](CCC(=O)O)[C@H]1CC[C@H]2[C@@H]3C(=O)C[C@@H]4CC(=O)CC[C@]4(C)[C@H]3CC(=O)[C@]12C. The lowest BCUT2D eigenvalue weighted by molar-refractivity contribution is -0.166. The fraction of sp³-hybridized carbons (Fsp3) is 0.833. The number of carbonyl (C=O) groups is 4. The molecule has 0 heterocycles. The van der Waals surface area contributed by atoms with Crippen molar-refractivity contribution in [3.63, 3.8) is 0 Å². The predicted molar refractivity (Wildman–Crippen MR) is 107 cm³/mol. The van der Waals surface area contributed by atoms with Gasteiger partial charge in [0.1, 0.15) is 17.3 Å². The minimum Gasteiger partial charge on any atom is -0.481 e. The Morgan fingerprint density at radius 1 is 1.10 bits per heavy atom. The number of fused-ring (bicyclic) bond motifs is 5. The van der Waals surface area contributed by atoms with Gasteiger partial charge in [0.2, 0.25) is 0 Å². The monoisotopic (exact) mass is 402 g/mol. The Labute approximate surface area is 173 Å². The summed E-state index contributed by atoms with van der Waals surface area (Å²) in [6.07, 6.45) is 5.33. The maximum Gasteiger partial charge on any atom is 0.303 e. The Hall–Kier alpha value is -1.52. The van der Waals surface area contributed by atoms with E-state index >= 15 is 0 Å². The second kappa shape index (κ2) is 7.02. The highest BCUT2D eigenvalue weighted by Gasteiger charge is 2.66. The molecular weight excluding hydrogens is 368 g/mol. The quantitative estimate of drug-likeness (QED) is 0.766. The summed E-state index contributed by atoms with van der Waals surface area (Å²) in [5.41, 5.74) is -0.598. The third kappa shape index (κ3) is 3.02. The molecule has 0 aromatic carbocycles. The van der Waals surface area contributed by atoms with Crippen LogP contribution < -0.4 is 0 Å². The second-order valence-electron chi connectivity index (χ2n) is 10.9. The van der Waals surface area contributed by atoms with Gasteiger partial charge in [0.25, 0.3) is 0 Å². The maximum absolute atomic E-state index is 13.6. The van der Waals surface area contributed by atoms with Crippen LogP contribution in [0.4, 0.5) is 0 Å². The summed E-state index contributed by atoms with van der Waals surface area (Å²) in [5.74, 6) is 0.524. The molecule has 0 radical (unpaired) electrons. The first-order valence-corrected chi connectivity index (χ1v) is 11.4. The van der Waals surface area contributed by atoms with Crippen LogP contribution in [0.25, 0.3) is 0 Å². The zero-order chi connectivity index (χ0) is 21.1. The van der Waals surface area contributed by atoms with Crippen LogP contribution in [0.3, 0.4) is 0 Å². The van der Waals surface area contributed by atoms with Crippen molar-refractivity contribution >= 4 is 23.3 Å². The highest BCUT2D eigenvalue weighted by atomic mass is 16.4. The van der Waals surface area contributed by atoms with E-state index in [-0.39, 0.29) is 64.7 Å². The summed E-state index contributed by atoms with van der Waals surface area (Å²) in [6.45, 7) is 6.37. The summed E-state index contributed by atoms with van der Waals surface area (Å²) in [5, 5.41) is 9.06. The first-order chi connectivity index (χ1) is 13.6. The predicted octanol–water partition coefficient (Wildman–Crippen LogP) is 4.07. The van der Waals surface area contributed by atoms with Crippen molar-refractivity contribution in [3.05, 3.63) is 0 Å². The number of Topliss-reactive ketones (excluding diaryl/α,β-unsaturated/α-hetero) is 3. The van der Waals surface area contributed by atoms with Gasteiger partial charge in [0.15, 0.2) is 0 Å². The van der Waals surface area contributed by atoms with Crippen LogP contribution in [0.15, 0.2) is 0 Å². The number of hydrogen-bond donors (Lipinski definition) is 1. The van der Waals surface area contributed by atoms with Crippen molar-refractivity contribution in [2.45, 2.75) is 78.6 Å². The summed E-state index contributed by atoms with van der Waals surface area (Å²) in [7, 11) is 0. The molecule has 5 nitrogen and oxygen atoms in total. The molecule has 0 aliphatic heterocycles. The highest BCUT2D eigenvalue weighted by molar-refractivity contribution is 5.93. The third-order valence-corrected chi connectivity index (χ3v) is 9.72. The van der Waals surface area contributed by atoms with Crippen LogP contribution in [0, 0.1) is 46.3 Å². The van der Waals surface area contributed by atoms with Crippen molar-refractivity contribution in [1.29, 1.82) is 0 Å². The molecule has 4 saturated carbocycles. The summed E-state index contributed by atoms with van der Waals surface area (Å²) in [6, 6.07) is 0. The Morgan fingerprint density at radius 3 is 2.52 bits per heavy atom. The second-order valence-corrected chi connectivity index (χ2v) is 10.9. The molecule has 4 aliphatic carbocycles. The molecule has 1 N–H and O–H groups in total. The molecule has 0 bridgehead atoms. The minimum absolute atomic E-state index is 0.0659. The van der Waals surface area contributed by atoms with E-state index in [1.54, 1.807) is 0 Å². The molecule has 4 rings (SSSR count). The van der Waals surface area contributed by atoms with Gasteiger partial charge < -0.3 is 5.11 Å². The molecule has 5 heteroatoms. The lowest BCUT2D eigenvalue weighted by Crippen LogP contribution is -2.60. The van der Waals surface area contributed by atoms with Gasteiger partial charge in [-0.05, 0) is 60.7 Å². The smallest absolute Gasteiger partial charge is 0.303 e. The van der Waals surface area contributed by atoms with Crippen LogP contribution >= 0.6 is 0 Å². The van der Waals surface area contributed by atoms with Crippen LogP contribution in [0.1, 0.15) is 78.6 Å². The van der Waals surface area contributed by atoms with Crippen molar-refractivity contribution in [1.82, 2.24) is 0 Å². The number of aliphatic carboxylic acids is 1. The van der Waals surface area contributed by atoms with E-state index in [0.29, 0.717) is 32.1 Å². The van der Waals surface area contributed by atoms with Gasteiger partial charge in [0, 0.05) is 43.4 Å². The number of carboxylic acid groups (broad SMARTS) is 1. The zero-order valence-electron chi connectivity index (χ0n) is 17.9. The summed E-state index contributed by atoms with van der Waals surface area (Å²) < 4.78 is 0. The Bertz CT molecular complexity index is 756. The summed E-state index contributed by atoms with van der Waals surface area (Å²) in [4.78, 5) is 50.0. The first kappa shape index (κ1) is 20.7. The number of carbonyl (C=O) groups excluding carboxylic acids is 3. The third-order valence-electron chi connectivity index (χ3n) is 9.72. The lowest BCUT2D eigenvalue weighted by atomic mass is 9.44. The Balaban J connectivity index is 1.63. The van der Waals surface area contributed by atoms with E-state index in [4.69, 9.17) is 5.11 Å². The number of hydrogen-bond acceptors (Lipinski definition) is 4. The topological polar surface area (TPSA) is 88.5 Å². The van der Waals surface area contributed by atoms with E-state index in [9.17, 15) is 19.2 Å². The molecule has 8 atom stereocenters. The number of carboxylic acids is 1. The fourth-order valence-corrected chi connectivity index (χ4v) is 7.94. The van der Waals surface area contributed by atoms with E-state index in [2.05, 4.69) is 20.8 Å². The van der Waals surface area contributed by atoms with Crippen molar-refractivity contribution in [3.8, 4) is 0 Å². The molecule has 4 fully saturated rings. The van der Waals surface area contributed by atoms with Gasteiger partial charge in [0.05, 0.1) is 0 Å². The minimum atomic E-state index is -0.792. The molecular formula is C24H34O5. The molecule has 0 amide bonds. The molecule has 29 heavy (non-hydrogen) atoms. The van der Waals surface area contributed by atoms with E-state index in [1.165, 1.54) is 0 Å². The maximum atomic E-state index is 13.6. The van der Waals surface area contributed by atoms with Crippen LogP contribution in [-0.4, -0.2) is 28.4 Å². The highest BCUT2D eigenvalue weighted by Crippen LogP contribution is 2.66. The summed E-state index contributed by atoms with van der Waals surface area (Å²) >= 11 is 0. The van der Waals surface area contributed by atoms with Gasteiger partial charge in [-0.3, -0.25) is 19.2 Å². The van der Waals surface area contributed by atoms with Gasteiger partial charge in [-0.25, -0.2) is 0 Å². The van der Waals surface area contributed by atoms with Gasteiger partial charge >= 0.3 is 5.97 Å². The average molecular weight is 403 g/mol. The van der Waals surface area contributed by atoms with Crippen LogP contribution in [-0.2, 0) is 19.2 Å². The largest absolute Gasteiger partial charge is 0.481 e. The molecule has 160 valence electrons. The molecule has 0 unspecified atom stereocenters. The van der Waals surface area contributed by atoms with Gasteiger partial charge in [-0.15, -0.1) is 0 Å². The number of rotatable bonds is 4. The van der Waals surface area contributed by atoms with E-state index in [0.717, 1.165) is 19.3 Å². The lowest BCUT2D eigenvalue weighted by Gasteiger charge is -2.58. The van der Waals surface area contributed by atoms with E-state index in [1.807, 2.05) is 0 Å². The zero-order valence-corrected chi connectivity index (χ0v) is 17.9. The van der Waals surface area contributed by atoms with Gasteiger partial charge in [-0.2, -0.15) is 0 Å². The van der Waals surface area contributed by atoms with E-state index < -0.39 is 11.4 Å². The normalized spacial score (nSPS) is 45.3. The molecule has 0 aromatic rings. The molecule has 4 aliphatic rings. The molecule has 0 saturated heterocycles. The number of ketones is 3. The van der Waals surface area contributed by atoms with Crippen LogP contribution in [0.5, 0.6) is 0 Å². The average Bonchev–Trinajstić information content (AvgIpc) is 3.01. The molecule has 0 spiro atoms. The first-order valence-electron chi connectivity index (χ1n) is 11.4. The Morgan fingerprint density at radius 2 is 1.83 bits per heavy atom. The Kier molecular flexibility index (Phi) is 5.02. The fourth-order valence-electron chi connectivity index (χ4n) is 7.94. The van der Waals surface area contributed by atoms with Crippen molar-refractivity contribution < 1.29 is 24.3 Å². The van der Waals surface area contributed by atoms with Crippen LogP contribution in [0.2, 0.25) is 0 Å². The van der Waals surface area contributed by atoms with Crippen molar-refractivity contribution in [2.75, 3.05) is 0 Å². The molecule has 0 aromatic heterocycles. The standard InChI is InChI=1S/C24H34O5/c1-13(4-7-21(28)29)16-5-6-17-22-18(12-20(27)24(16,17)3)23(2)9-8-15(25)10-14(23)11-19(22)26/h13-14,16-18,22H,4-12H2,1-3H3,(H,28,29)/t13-,14-,16+,17-,18-,22-,23-,24+/m0/s1. The van der Waals surface area contributed by atoms with Crippen molar-refractivity contribution in [2.24, 2.45) is 46.3 Å².